The van der Waals surface area contributed by atoms with Crippen molar-refractivity contribution >= 4 is 11.6 Å². The molecule has 120 valence electrons. The van der Waals surface area contributed by atoms with Crippen LogP contribution in [0.15, 0.2) is 30.3 Å². The number of anilines is 1. The fourth-order valence-corrected chi connectivity index (χ4v) is 2.90. The van der Waals surface area contributed by atoms with E-state index < -0.39 is 17.3 Å². The quantitative estimate of drug-likeness (QED) is 0.797. The lowest BCUT2D eigenvalue weighted by Crippen LogP contribution is -2.35. The maximum absolute atomic E-state index is 13.9. The van der Waals surface area contributed by atoms with Crippen molar-refractivity contribution in [2.75, 3.05) is 5.32 Å². The Morgan fingerprint density at radius 1 is 1.17 bits per heavy atom. The first-order valence-electron chi connectivity index (χ1n) is 7.43. The third-order valence-corrected chi connectivity index (χ3v) is 4.34. The van der Waals surface area contributed by atoms with Crippen molar-refractivity contribution in [2.24, 2.45) is 0 Å². The fourth-order valence-electron chi connectivity index (χ4n) is 2.90. The van der Waals surface area contributed by atoms with Gasteiger partial charge in [0.2, 0.25) is 0 Å². The lowest BCUT2D eigenvalue weighted by Gasteiger charge is -2.23. The molecule has 4 nitrogen and oxygen atoms in total. The zero-order valence-electron chi connectivity index (χ0n) is 13.1. The number of hydrogen-bond donors (Lipinski definition) is 3. The third kappa shape index (κ3) is 2.19. The lowest BCUT2D eigenvalue weighted by atomic mass is 9.85. The molecule has 1 aliphatic heterocycles. The van der Waals surface area contributed by atoms with Crippen molar-refractivity contribution in [3.63, 3.8) is 0 Å². The summed E-state index contributed by atoms with van der Waals surface area (Å²) in [6, 6.07) is 7.39. The molecule has 0 spiro atoms. The third-order valence-electron chi connectivity index (χ3n) is 4.34. The normalized spacial score (nSPS) is 19.8. The van der Waals surface area contributed by atoms with Crippen molar-refractivity contribution in [3.8, 4) is 5.75 Å². The molecule has 2 aromatic rings. The minimum absolute atomic E-state index is 0.0430. The lowest BCUT2D eigenvalue weighted by molar-refractivity contribution is -0.129. The Kier molecular flexibility index (Phi) is 3.41. The molecule has 1 aliphatic rings. The van der Waals surface area contributed by atoms with E-state index in [2.05, 4.69) is 5.32 Å². The Balaban J connectivity index is 2.20. The number of carbonyl (C=O) groups is 1. The average molecular weight is 315 g/mol. The monoisotopic (exact) mass is 315 g/mol. The van der Waals surface area contributed by atoms with Crippen molar-refractivity contribution in [3.05, 3.63) is 58.4 Å². The topological polar surface area (TPSA) is 69.6 Å². The summed E-state index contributed by atoms with van der Waals surface area (Å²) < 4.78 is 13.9. The van der Waals surface area contributed by atoms with Crippen LogP contribution in [0.25, 0.3) is 0 Å². The molecule has 5 heteroatoms. The van der Waals surface area contributed by atoms with Crippen LogP contribution >= 0.6 is 0 Å². The van der Waals surface area contributed by atoms with Gasteiger partial charge in [-0.25, -0.2) is 4.39 Å². The van der Waals surface area contributed by atoms with Crippen molar-refractivity contribution in [2.45, 2.75) is 32.3 Å². The van der Waals surface area contributed by atoms with Crippen LogP contribution in [0.5, 0.6) is 5.75 Å². The molecular formula is C18H18FNO3. The van der Waals surface area contributed by atoms with Crippen LogP contribution in [0.3, 0.4) is 0 Å². The number of aliphatic hydroxyl groups is 1. The fraction of sp³-hybridized carbons (Fsp3) is 0.278. The first-order chi connectivity index (χ1) is 10.7. The number of phenolic OH excluding ortho intramolecular Hbond substituents is 1. The number of rotatable bonds is 2. The molecule has 0 saturated carbocycles. The molecule has 0 fully saturated rings. The Hall–Kier alpha value is -2.40. The van der Waals surface area contributed by atoms with E-state index >= 15 is 0 Å². The summed E-state index contributed by atoms with van der Waals surface area (Å²) in [5.74, 6) is -1.22. The zero-order valence-corrected chi connectivity index (χ0v) is 13.1. The van der Waals surface area contributed by atoms with Crippen LogP contribution in [0, 0.1) is 12.7 Å². The standard InChI is InChI=1S/C18H18FNO3/c1-9(2)11-4-5-12(16(21)7-11)18(23)13-8-14(19)10(3)6-15(13)20-17(18)22/h4-9,21,23H,1-3H3,(H,20,22)/t18-/m1/s1. The largest absolute Gasteiger partial charge is 0.508 e. The summed E-state index contributed by atoms with van der Waals surface area (Å²) in [7, 11) is 0. The van der Waals surface area contributed by atoms with Gasteiger partial charge in [0.25, 0.3) is 5.91 Å². The van der Waals surface area contributed by atoms with E-state index in [4.69, 9.17) is 0 Å². The van der Waals surface area contributed by atoms with E-state index in [1.54, 1.807) is 13.0 Å². The summed E-state index contributed by atoms with van der Waals surface area (Å²) in [4.78, 5) is 12.4. The number of halogens is 1. The highest BCUT2D eigenvalue weighted by atomic mass is 19.1. The van der Waals surface area contributed by atoms with Crippen LogP contribution in [0.2, 0.25) is 0 Å². The van der Waals surface area contributed by atoms with E-state index in [0.717, 1.165) is 11.6 Å². The Morgan fingerprint density at radius 3 is 2.48 bits per heavy atom. The molecular weight excluding hydrogens is 297 g/mol. The maximum atomic E-state index is 13.9. The zero-order chi connectivity index (χ0) is 16.9. The number of carbonyl (C=O) groups excluding carboxylic acids is 1. The number of hydrogen-bond acceptors (Lipinski definition) is 3. The molecule has 0 bridgehead atoms. The number of amides is 1. The van der Waals surface area contributed by atoms with Gasteiger partial charge in [0.1, 0.15) is 11.6 Å². The van der Waals surface area contributed by atoms with E-state index in [-0.39, 0.29) is 22.8 Å². The van der Waals surface area contributed by atoms with Crippen molar-refractivity contribution < 1.29 is 19.4 Å². The van der Waals surface area contributed by atoms with Crippen LogP contribution < -0.4 is 5.32 Å². The van der Waals surface area contributed by atoms with E-state index in [0.29, 0.717) is 11.3 Å². The highest BCUT2D eigenvalue weighted by Crippen LogP contribution is 2.45. The van der Waals surface area contributed by atoms with Gasteiger partial charge in [-0.05, 0) is 42.2 Å². The minimum Gasteiger partial charge on any atom is -0.508 e. The van der Waals surface area contributed by atoms with Gasteiger partial charge in [0.05, 0.1) is 0 Å². The van der Waals surface area contributed by atoms with Crippen molar-refractivity contribution in [1.82, 2.24) is 0 Å². The predicted octanol–water partition coefficient (Wildman–Crippen LogP) is 3.15. The summed E-state index contributed by atoms with van der Waals surface area (Å²) in [5.41, 5.74) is -0.358. The maximum Gasteiger partial charge on any atom is 0.266 e. The SMILES string of the molecule is Cc1cc2c(cc1F)[C@](O)(c1ccc(C(C)C)cc1O)C(=O)N2. The summed E-state index contributed by atoms with van der Waals surface area (Å²) in [6.07, 6.45) is 0. The van der Waals surface area contributed by atoms with Crippen LogP contribution in [0.4, 0.5) is 10.1 Å². The van der Waals surface area contributed by atoms with Gasteiger partial charge in [-0.15, -0.1) is 0 Å². The number of benzene rings is 2. The summed E-state index contributed by atoms with van der Waals surface area (Å²) >= 11 is 0. The summed E-state index contributed by atoms with van der Waals surface area (Å²) in [6.45, 7) is 5.52. The molecule has 23 heavy (non-hydrogen) atoms. The van der Waals surface area contributed by atoms with E-state index in [9.17, 15) is 19.4 Å². The van der Waals surface area contributed by atoms with Crippen molar-refractivity contribution in [1.29, 1.82) is 0 Å². The van der Waals surface area contributed by atoms with E-state index in [1.807, 2.05) is 13.8 Å². The second-order valence-electron chi connectivity index (χ2n) is 6.24. The van der Waals surface area contributed by atoms with Gasteiger partial charge in [0, 0.05) is 16.8 Å². The second kappa shape index (κ2) is 5.06. The Morgan fingerprint density at radius 2 is 1.87 bits per heavy atom. The first kappa shape index (κ1) is 15.5. The minimum atomic E-state index is -2.11. The molecule has 1 amide bonds. The van der Waals surface area contributed by atoms with Gasteiger partial charge in [-0.3, -0.25) is 4.79 Å². The number of fused-ring (bicyclic) bond motifs is 1. The van der Waals surface area contributed by atoms with Gasteiger partial charge >= 0.3 is 0 Å². The highest BCUT2D eigenvalue weighted by molar-refractivity contribution is 6.07. The van der Waals surface area contributed by atoms with Crippen LogP contribution in [0.1, 0.15) is 42.0 Å². The Labute approximate surface area is 133 Å². The molecule has 1 heterocycles. The number of aromatic hydroxyl groups is 1. The number of nitrogens with one attached hydrogen (secondary N) is 1. The second-order valence-corrected chi connectivity index (χ2v) is 6.24. The molecule has 0 aromatic heterocycles. The molecule has 0 unspecified atom stereocenters. The Bertz CT molecular complexity index is 816. The van der Waals surface area contributed by atoms with Crippen LogP contribution in [-0.4, -0.2) is 16.1 Å². The molecule has 3 N–H and O–H groups in total. The molecule has 0 saturated heterocycles. The number of aryl methyl sites for hydroxylation is 1. The molecule has 1 atom stereocenters. The first-order valence-corrected chi connectivity index (χ1v) is 7.43. The molecule has 0 aliphatic carbocycles. The highest BCUT2D eigenvalue weighted by Gasteiger charge is 2.48. The van der Waals surface area contributed by atoms with Gasteiger partial charge < -0.3 is 15.5 Å². The average Bonchev–Trinajstić information content (AvgIpc) is 2.72. The molecule has 2 aromatic carbocycles. The number of phenols is 1. The van der Waals surface area contributed by atoms with Crippen LogP contribution in [-0.2, 0) is 10.4 Å². The van der Waals surface area contributed by atoms with Gasteiger partial charge in [-0.1, -0.05) is 26.0 Å². The predicted molar refractivity (Wildman–Crippen MR) is 85.0 cm³/mol. The van der Waals surface area contributed by atoms with Gasteiger partial charge in [-0.2, -0.15) is 0 Å². The molecule has 0 radical (unpaired) electrons. The smallest absolute Gasteiger partial charge is 0.266 e. The van der Waals surface area contributed by atoms with Gasteiger partial charge in [0.15, 0.2) is 5.60 Å². The molecule has 3 rings (SSSR count). The summed E-state index contributed by atoms with van der Waals surface area (Å²) in [5, 5.41) is 23.8. The van der Waals surface area contributed by atoms with E-state index in [1.165, 1.54) is 18.2 Å².